The molecule has 0 aliphatic heterocycles. The summed E-state index contributed by atoms with van der Waals surface area (Å²) in [5, 5.41) is 4.48. The van der Waals surface area contributed by atoms with E-state index in [1.54, 1.807) is 23.1 Å². The summed E-state index contributed by atoms with van der Waals surface area (Å²) in [6.07, 6.45) is 3.97. The second kappa shape index (κ2) is 10.2. The van der Waals surface area contributed by atoms with Gasteiger partial charge in [0.1, 0.15) is 10.8 Å². The van der Waals surface area contributed by atoms with E-state index in [1.807, 2.05) is 12.3 Å². The van der Waals surface area contributed by atoms with Gasteiger partial charge in [-0.1, -0.05) is 66.2 Å². The lowest BCUT2D eigenvalue weighted by atomic mass is 10.1. The van der Waals surface area contributed by atoms with Crippen molar-refractivity contribution >= 4 is 28.9 Å². The van der Waals surface area contributed by atoms with Crippen molar-refractivity contribution in [1.29, 1.82) is 0 Å². The van der Waals surface area contributed by atoms with E-state index in [2.05, 4.69) is 108 Å². The molecule has 0 fully saturated rings. The van der Waals surface area contributed by atoms with Gasteiger partial charge in [0.05, 0.1) is 10.6 Å². The molecule has 0 unspecified atom stereocenters. The van der Waals surface area contributed by atoms with Crippen molar-refractivity contribution in [1.82, 2.24) is 9.97 Å². The Kier molecular flexibility index (Phi) is 6.74. The highest BCUT2D eigenvalue weighted by molar-refractivity contribution is 7.98. The Labute approximate surface area is 209 Å². The fraction of sp³-hybridized carbons (Fsp3) is 0.103. The summed E-state index contributed by atoms with van der Waals surface area (Å²) in [6.45, 7) is 2.85. The van der Waals surface area contributed by atoms with Gasteiger partial charge in [-0.2, -0.15) is 0 Å². The molecule has 0 aliphatic carbocycles. The minimum Gasteiger partial charge on any atom is -0.366 e. The molecule has 0 saturated carbocycles. The summed E-state index contributed by atoms with van der Waals surface area (Å²) in [7, 11) is 0. The van der Waals surface area contributed by atoms with Crippen molar-refractivity contribution in [2.45, 2.75) is 18.4 Å². The van der Waals surface area contributed by atoms with E-state index in [0.29, 0.717) is 0 Å². The lowest BCUT2D eigenvalue weighted by Gasteiger charge is -2.08. The molecule has 34 heavy (non-hydrogen) atoms. The van der Waals surface area contributed by atoms with Crippen molar-refractivity contribution in [2.75, 3.05) is 11.6 Å². The Bertz CT molecular complexity index is 1390. The summed E-state index contributed by atoms with van der Waals surface area (Å²) < 4.78 is 0. The van der Waals surface area contributed by atoms with Gasteiger partial charge in [0.15, 0.2) is 0 Å². The fourth-order valence-electron chi connectivity index (χ4n) is 3.82. The molecule has 0 aliphatic rings. The molecule has 2 aromatic heterocycles. The van der Waals surface area contributed by atoms with Gasteiger partial charge in [-0.25, -0.2) is 9.97 Å². The minimum atomic E-state index is 0.734. The maximum absolute atomic E-state index is 5.12. The first kappa shape index (κ1) is 22.4. The van der Waals surface area contributed by atoms with Crippen LogP contribution in [0.5, 0.6) is 0 Å². The molecule has 0 bridgehead atoms. The zero-order chi connectivity index (χ0) is 23.3. The van der Waals surface area contributed by atoms with Crippen molar-refractivity contribution in [2.24, 2.45) is 0 Å². The molecule has 2 heterocycles. The lowest BCUT2D eigenvalue weighted by molar-refractivity contribution is 1.11. The zero-order valence-electron chi connectivity index (χ0n) is 19.2. The van der Waals surface area contributed by atoms with Gasteiger partial charge in [-0.05, 0) is 54.6 Å². The molecule has 0 saturated heterocycles. The van der Waals surface area contributed by atoms with Crippen LogP contribution in [0, 0.1) is 6.92 Å². The Morgan fingerprint density at radius 1 is 0.824 bits per heavy atom. The van der Waals surface area contributed by atoms with E-state index >= 15 is 0 Å². The van der Waals surface area contributed by atoms with E-state index in [9.17, 15) is 0 Å². The third-order valence-corrected chi connectivity index (χ3v) is 7.49. The van der Waals surface area contributed by atoms with Gasteiger partial charge in [-0.3, -0.25) is 0 Å². The van der Waals surface area contributed by atoms with Crippen LogP contribution in [0.4, 0.5) is 5.82 Å². The second-order valence-electron chi connectivity index (χ2n) is 8.06. The van der Waals surface area contributed by atoms with Crippen molar-refractivity contribution in [3.63, 3.8) is 0 Å². The second-order valence-corrected chi connectivity index (χ2v) is 9.94. The number of benzene rings is 3. The summed E-state index contributed by atoms with van der Waals surface area (Å²) in [6, 6.07) is 31.8. The van der Waals surface area contributed by atoms with Gasteiger partial charge in [-0.15, -0.1) is 23.1 Å². The molecule has 0 radical (unpaired) electrons. The molecule has 5 aromatic rings. The molecule has 168 valence electrons. The third-order valence-electron chi connectivity index (χ3n) is 5.59. The summed E-state index contributed by atoms with van der Waals surface area (Å²) >= 11 is 3.48. The van der Waals surface area contributed by atoms with E-state index in [1.165, 1.54) is 16.0 Å². The normalized spacial score (nSPS) is 10.9. The smallest absolute Gasteiger partial charge is 0.126 e. The van der Waals surface area contributed by atoms with Gasteiger partial charge >= 0.3 is 0 Å². The van der Waals surface area contributed by atoms with Crippen molar-refractivity contribution in [3.8, 4) is 32.3 Å². The average Bonchev–Trinajstić information content (AvgIpc) is 3.34. The number of aromatic nitrogens is 2. The standard InChI is InChI=1S/C29H25N3S2/c1-20-7-6-10-23(17-20)27-28(34-29(32-27)22-11-13-25(33-2)14-12-22)24-15-16-30-26(18-24)31-19-21-8-4-3-5-9-21/h3-18H,19H2,1-2H3,(H,30,31). The number of thioether (sulfide) groups is 1. The Balaban J connectivity index is 1.53. The van der Waals surface area contributed by atoms with Crippen LogP contribution < -0.4 is 5.32 Å². The van der Waals surface area contributed by atoms with E-state index in [-0.39, 0.29) is 0 Å². The zero-order valence-corrected chi connectivity index (χ0v) is 20.8. The predicted octanol–water partition coefficient (Wildman–Crippen LogP) is 8.18. The molecule has 5 heteroatoms. The SMILES string of the molecule is CSc1ccc(-c2nc(-c3cccc(C)c3)c(-c3ccnc(NCc4ccccc4)c3)s2)cc1. The molecule has 3 aromatic carbocycles. The lowest BCUT2D eigenvalue weighted by Crippen LogP contribution is -2.01. The Morgan fingerprint density at radius 3 is 2.41 bits per heavy atom. The Hall–Kier alpha value is -3.41. The molecule has 0 atom stereocenters. The number of anilines is 1. The summed E-state index contributed by atoms with van der Waals surface area (Å²) in [5.41, 5.74) is 6.85. The summed E-state index contributed by atoms with van der Waals surface area (Å²) in [4.78, 5) is 12.1. The van der Waals surface area contributed by atoms with Crippen molar-refractivity contribution < 1.29 is 0 Å². The monoisotopic (exact) mass is 479 g/mol. The van der Waals surface area contributed by atoms with Crippen LogP contribution in [0.2, 0.25) is 0 Å². The highest BCUT2D eigenvalue weighted by Gasteiger charge is 2.17. The maximum atomic E-state index is 5.12. The quantitative estimate of drug-likeness (QED) is 0.239. The molecule has 0 spiro atoms. The van der Waals surface area contributed by atoms with Crippen LogP contribution in [0.1, 0.15) is 11.1 Å². The van der Waals surface area contributed by atoms with Gasteiger partial charge in [0.25, 0.3) is 0 Å². The average molecular weight is 480 g/mol. The largest absolute Gasteiger partial charge is 0.366 e. The molecule has 3 nitrogen and oxygen atoms in total. The molecule has 1 N–H and O–H groups in total. The van der Waals surface area contributed by atoms with Gasteiger partial charge < -0.3 is 5.32 Å². The van der Waals surface area contributed by atoms with Crippen LogP contribution in [0.25, 0.3) is 32.3 Å². The molecule has 5 rings (SSSR count). The van der Waals surface area contributed by atoms with Crippen LogP contribution >= 0.6 is 23.1 Å². The van der Waals surface area contributed by atoms with Crippen LogP contribution in [0.3, 0.4) is 0 Å². The number of rotatable bonds is 7. The minimum absolute atomic E-state index is 0.734. The maximum Gasteiger partial charge on any atom is 0.126 e. The summed E-state index contributed by atoms with van der Waals surface area (Å²) in [5.74, 6) is 0.857. The van der Waals surface area contributed by atoms with E-state index < -0.39 is 0 Å². The van der Waals surface area contributed by atoms with Crippen LogP contribution in [-0.4, -0.2) is 16.2 Å². The third kappa shape index (κ3) is 5.06. The van der Waals surface area contributed by atoms with Crippen molar-refractivity contribution in [3.05, 3.63) is 108 Å². The first-order valence-corrected chi connectivity index (χ1v) is 13.2. The number of pyridine rings is 1. The van der Waals surface area contributed by atoms with Crippen LogP contribution in [-0.2, 0) is 6.54 Å². The number of nitrogens with zero attached hydrogens (tertiary/aromatic N) is 2. The molecular weight excluding hydrogens is 454 g/mol. The number of hydrogen-bond donors (Lipinski definition) is 1. The first-order chi connectivity index (χ1) is 16.7. The van der Waals surface area contributed by atoms with E-state index in [0.717, 1.165) is 44.6 Å². The highest BCUT2D eigenvalue weighted by atomic mass is 32.2. The van der Waals surface area contributed by atoms with Gasteiger partial charge in [0, 0.05) is 28.8 Å². The van der Waals surface area contributed by atoms with Gasteiger partial charge in [0.2, 0.25) is 0 Å². The number of thiazole rings is 1. The first-order valence-electron chi connectivity index (χ1n) is 11.2. The highest BCUT2D eigenvalue weighted by Crippen LogP contribution is 2.41. The fourth-order valence-corrected chi connectivity index (χ4v) is 5.32. The predicted molar refractivity (Wildman–Crippen MR) is 147 cm³/mol. The van der Waals surface area contributed by atoms with E-state index in [4.69, 9.17) is 4.98 Å². The number of hydrogen-bond acceptors (Lipinski definition) is 5. The number of aryl methyl sites for hydroxylation is 1. The molecular formula is C29H25N3S2. The van der Waals surface area contributed by atoms with Crippen LogP contribution in [0.15, 0.2) is 102 Å². The topological polar surface area (TPSA) is 37.8 Å². The number of nitrogens with one attached hydrogen (secondary N) is 1. The Morgan fingerprint density at radius 2 is 1.65 bits per heavy atom. The molecule has 0 amide bonds.